The molecule has 0 radical (unpaired) electrons. The first-order valence-electron chi connectivity index (χ1n) is 12.2. The predicted molar refractivity (Wildman–Crippen MR) is 133 cm³/mol. The minimum atomic E-state index is -0.337. The van der Waals surface area contributed by atoms with Crippen molar-refractivity contribution in [2.45, 2.75) is 45.5 Å². The van der Waals surface area contributed by atoms with Crippen molar-refractivity contribution in [2.24, 2.45) is 0 Å². The van der Waals surface area contributed by atoms with Crippen LogP contribution in [0.4, 0.5) is 9.18 Å². The van der Waals surface area contributed by atoms with Crippen LogP contribution in [-0.2, 0) is 29.2 Å². The molecule has 4 rings (SSSR count). The van der Waals surface area contributed by atoms with Gasteiger partial charge in [-0.2, -0.15) is 0 Å². The van der Waals surface area contributed by atoms with Crippen molar-refractivity contribution in [2.75, 3.05) is 19.7 Å². The zero-order valence-electron chi connectivity index (χ0n) is 20.5. The van der Waals surface area contributed by atoms with Crippen molar-refractivity contribution in [3.63, 3.8) is 0 Å². The Bertz CT molecular complexity index is 1130. The van der Waals surface area contributed by atoms with E-state index < -0.39 is 0 Å². The van der Waals surface area contributed by atoms with E-state index in [1.807, 2.05) is 49.4 Å². The van der Waals surface area contributed by atoms with E-state index in [1.54, 1.807) is 17.0 Å². The summed E-state index contributed by atoms with van der Waals surface area (Å²) in [4.78, 5) is 29.8. The van der Waals surface area contributed by atoms with Gasteiger partial charge in [0.2, 0.25) is 5.91 Å². The molecular weight excluding hydrogens is 461 g/mol. The SMILES string of the molecule is Cc1ccc(CN(Cc2ccc(F)cc2)C(=O)CN(CC2CCCO2)C(=O)NCc2ccccc2)o1. The van der Waals surface area contributed by atoms with Crippen molar-refractivity contribution in [3.05, 3.63) is 95.2 Å². The molecule has 3 aromatic rings. The summed E-state index contributed by atoms with van der Waals surface area (Å²) in [6.45, 7) is 3.59. The second-order valence-corrected chi connectivity index (χ2v) is 9.05. The Labute approximate surface area is 210 Å². The normalized spacial score (nSPS) is 15.0. The van der Waals surface area contributed by atoms with Crippen LogP contribution in [0.25, 0.3) is 0 Å². The van der Waals surface area contributed by atoms with Crippen LogP contribution in [-0.4, -0.2) is 47.5 Å². The lowest BCUT2D eigenvalue weighted by Crippen LogP contribution is -2.48. The van der Waals surface area contributed by atoms with Crippen LogP contribution >= 0.6 is 0 Å². The standard InChI is InChI=1S/C28H32FN3O4/c1-21-9-14-26(36-21)19-31(17-23-10-12-24(29)13-11-23)27(33)20-32(18-25-8-5-15-35-25)28(34)30-16-22-6-3-2-4-7-22/h2-4,6-7,9-14,25H,5,8,15-20H2,1H3,(H,30,34). The molecule has 1 aliphatic rings. The van der Waals surface area contributed by atoms with Gasteiger partial charge in [0.05, 0.1) is 12.6 Å². The van der Waals surface area contributed by atoms with E-state index in [0.717, 1.165) is 29.7 Å². The number of halogens is 1. The zero-order chi connectivity index (χ0) is 25.3. The summed E-state index contributed by atoms with van der Waals surface area (Å²) in [5.74, 6) is 0.819. The minimum Gasteiger partial charge on any atom is -0.464 e. The Kier molecular flexibility index (Phi) is 8.73. The molecule has 1 fully saturated rings. The minimum absolute atomic E-state index is 0.0986. The van der Waals surface area contributed by atoms with Crippen molar-refractivity contribution in [1.29, 1.82) is 0 Å². The van der Waals surface area contributed by atoms with E-state index >= 15 is 0 Å². The molecule has 36 heavy (non-hydrogen) atoms. The van der Waals surface area contributed by atoms with Crippen molar-refractivity contribution in [3.8, 4) is 0 Å². The van der Waals surface area contributed by atoms with Gasteiger partial charge in [-0.3, -0.25) is 4.79 Å². The number of nitrogens with one attached hydrogen (secondary N) is 1. The van der Waals surface area contributed by atoms with Crippen molar-refractivity contribution in [1.82, 2.24) is 15.1 Å². The average molecular weight is 494 g/mol. The third-order valence-electron chi connectivity index (χ3n) is 6.13. The fourth-order valence-electron chi connectivity index (χ4n) is 4.20. The lowest BCUT2D eigenvalue weighted by molar-refractivity contribution is -0.133. The molecule has 0 bridgehead atoms. The van der Waals surface area contributed by atoms with Gasteiger partial charge < -0.3 is 24.3 Å². The van der Waals surface area contributed by atoms with E-state index in [2.05, 4.69) is 5.32 Å². The number of nitrogens with zero attached hydrogens (tertiary/aromatic N) is 2. The van der Waals surface area contributed by atoms with Gasteiger partial charge in [0.25, 0.3) is 0 Å². The number of carbonyl (C=O) groups excluding carboxylic acids is 2. The highest BCUT2D eigenvalue weighted by molar-refractivity contribution is 5.84. The third kappa shape index (κ3) is 7.42. The Morgan fingerprint density at radius 2 is 1.75 bits per heavy atom. The maximum Gasteiger partial charge on any atom is 0.318 e. The molecule has 190 valence electrons. The van der Waals surface area contributed by atoms with E-state index in [0.29, 0.717) is 25.5 Å². The van der Waals surface area contributed by atoms with Crippen LogP contribution in [0.1, 0.15) is 35.5 Å². The number of amides is 3. The number of aryl methyl sites for hydroxylation is 1. The number of rotatable bonds is 10. The Hall–Kier alpha value is -3.65. The molecular formula is C28H32FN3O4. The van der Waals surface area contributed by atoms with Crippen LogP contribution in [0.3, 0.4) is 0 Å². The molecule has 1 aromatic heterocycles. The lowest BCUT2D eigenvalue weighted by atomic mass is 10.2. The van der Waals surface area contributed by atoms with Gasteiger partial charge in [-0.1, -0.05) is 42.5 Å². The highest BCUT2D eigenvalue weighted by Gasteiger charge is 2.27. The van der Waals surface area contributed by atoms with E-state index in [4.69, 9.17) is 9.15 Å². The summed E-state index contributed by atoms with van der Waals surface area (Å²) < 4.78 is 24.9. The van der Waals surface area contributed by atoms with Crippen LogP contribution in [0.2, 0.25) is 0 Å². The quantitative estimate of drug-likeness (QED) is 0.446. The van der Waals surface area contributed by atoms with Gasteiger partial charge in [-0.05, 0) is 55.2 Å². The molecule has 1 atom stereocenters. The topological polar surface area (TPSA) is 75.0 Å². The number of carbonyl (C=O) groups is 2. The number of furan rings is 1. The summed E-state index contributed by atoms with van der Waals surface area (Å²) in [7, 11) is 0. The second kappa shape index (κ2) is 12.4. The molecule has 2 heterocycles. The summed E-state index contributed by atoms with van der Waals surface area (Å²) in [5.41, 5.74) is 1.76. The van der Waals surface area contributed by atoms with Gasteiger partial charge >= 0.3 is 6.03 Å². The summed E-state index contributed by atoms with van der Waals surface area (Å²) >= 11 is 0. The number of benzene rings is 2. The third-order valence-corrected chi connectivity index (χ3v) is 6.13. The molecule has 1 unspecified atom stereocenters. The zero-order valence-corrected chi connectivity index (χ0v) is 20.5. The predicted octanol–water partition coefficient (Wildman–Crippen LogP) is 4.65. The van der Waals surface area contributed by atoms with E-state index in [9.17, 15) is 14.0 Å². The van der Waals surface area contributed by atoms with Gasteiger partial charge in [0.15, 0.2) is 0 Å². The summed E-state index contributed by atoms with van der Waals surface area (Å²) in [6, 6.07) is 19.0. The van der Waals surface area contributed by atoms with Gasteiger partial charge in [-0.25, -0.2) is 9.18 Å². The molecule has 1 N–H and O–H groups in total. The molecule has 1 aliphatic heterocycles. The van der Waals surface area contributed by atoms with Crippen LogP contribution in [0.15, 0.2) is 71.1 Å². The molecule has 8 heteroatoms. The largest absolute Gasteiger partial charge is 0.464 e. The lowest BCUT2D eigenvalue weighted by Gasteiger charge is -2.29. The van der Waals surface area contributed by atoms with Crippen LogP contribution in [0, 0.1) is 12.7 Å². The highest BCUT2D eigenvalue weighted by atomic mass is 19.1. The maximum absolute atomic E-state index is 13.5. The van der Waals surface area contributed by atoms with E-state index in [1.165, 1.54) is 17.0 Å². The van der Waals surface area contributed by atoms with Crippen molar-refractivity contribution < 1.29 is 23.1 Å². The number of urea groups is 1. The van der Waals surface area contributed by atoms with Gasteiger partial charge in [-0.15, -0.1) is 0 Å². The van der Waals surface area contributed by atoms with E-state index in [-0.39, 0.29) is 43.5 Å². The van der Waals surface area contributed by atoms with Crippen LogP contribution < -0.4 is 5.32 Å². The first kappa shape index (κ1) is 25.4. The number of ether oxygens (including phenoxy) is 1. The first-order valence-corrected chi connectivity index (χ1v) is 12.2. The van der Waals surface area contributed by atoms with Gasteiger partial charge in [0, 0.05) is 26.2 Å². The fourth-order valence-corrected chi connectivity index (χ4v) is 4.20. The second-order valence-electron chi connectivity index (χ2n) is 9.05. The number of hydrogen-bond donors (Lipinski definition) is 1. The molecule has 0 saturated carbocycles. The highest BCUT2D eigenvalue weighted by Crippen LogP contribution is 2.17. The Morgan fingerprint density at radius 1 is 0.972 bits per heavy atom. The average Bonchev–Trinajstić information content (AvgIpc) is 3.55. The molecule has 3 amide bonds. The number of hydrogen-bond acceptors (Lipinski definition) is 4. The molecule has 0 spiro atoms. The van der Waals surface area contributed by atoms with Crippen molar-refractivity contribution >= 4 is 11.9 Å². The maximum atomic E-state index is 13.5. The Balaban J connectivity index is 1.48. The molecule has 7 nitrogen and oxygen atoms in total. The smallest absolute Gasteiger partial charge is 0.318 e. The molecule has 1 saturated heterocycles. The fraction of sp³-hybridized carbons (Fsp3) is 0.357. The monoisotopic (exact) mass is 493 g/mol. The molecule has 0 aliphatic carbocycles. The van der Waals surface area contributed by atoms with Gasteiger partial charge in [0.1, 0.15) is 23.9 Å². The summed E-state index contributed by atoms with van der Waals surface area (Å²) in [5, 5.41) is 2.93. The Morgan fingerprint density at radius 3 is 2.42 bits per heavy atom. The molecule has 2 aromatic carbocycles. The summed E-state index contributed by atoms with van der Waals surface area (Å²) in [6.07, 6.45) is 1.69. The first-order chi connectivity index (χ1) is 17.5. The van der Waals surface area contributed by atoms with Crippen LogP contribution in [0.5, 0.6) is 0 Å².